The molecular formula is C27H33N3O4S. The molecule has 0 fully saturated rings. The first-order valence-electron chi connectivity index (χ1n) is 11.7. The maximum atomic E-state index is 13.4. The normalized spacial score (nSPS) is 15.4. The van der Waals surface area contributed by atoms with Gasteiger partial charge in [0.25, 0.3) is 5.91 Å². The van der Waals surface area contributed by atoms with Crippen LogP contribution in [0.25, 0.3) is 6.08 Å². The largest absolute Gasteiger partial charge is 0.497 e. The molecule has 0 saturated carbocycles. The predicted molar refractivity (Wildman–Crippen MR) is 143 cm³/mol. The number of aliphatic imine (C=N–C) groups is 1. The smallest absolute Gasteiger partial charge is 0.283 e. The van der Waals surface area contributed by atoms with Gasteiger partial charge >= 0.3 is 0 Å². The summed E-state index contributed by atoms with van der Waals surface area (Å²) in [6.07, 6.45) is 3.72. The number of nitrogens with one attached hydrogen (secondary N) is 1. The number of amides is 2. The van der Waals surface area contributed by atoms with Crippen molar-refractivity contribution in [2.75, 3.05) is 24.9 Å². The van der Waals surface area contributed by atoms with Crippen LogP contribution in [0, 0.1) is 5.92 Å². The van der Waals surface area contributed by atoms with Crippen LogP contribution in [0.4, 0.5) is 5.69 Å². The first kappa shape index (κ1) is 26.3. The maximum absolute atomic E-state index is 13.4. The Kier molecular flexibility index (Phi) is 9.37. The molecule has 8 heteroatoms. The average Bonchev–Trinajstić information content (AvgIpc) is 3.16. The second-order valence-corrected chi connectivity index (χ2v) is 9.71. The quantitative estimate of drug-likeness (QED) is 0.463. The molecule has 1 N–H and O–H groups in total. The van der Waals surface area contributed by atoms with Gasteiger partial charge in [-0.2, -0.15) is 0 Å². The van der Waals surface area contributed by atoms with Crippen molar-refractivity contribution in [2.24, 2.45) is 10.9 Å². The summed E-state index contributed by atoms with van der Waals surface area (Å²) < 4.78 is 10.5. The van der Waals surface area contributed by atoms with Gasteiger partial charge in [-0.1, -0.05) is 43.8 Å². The minimum Gasteiger partial charge on any atom is -0.497 e. The minimum absolute atomic E-state index is 0.0837. The summed E-state index contributed by atoms with van der Waals surface area (Å²) in [5.41, 5.74) is 1.75. The molecule has 0 spiro atoms. The van der Waals surface area contributed by atoms with E-state index in [1.165, 1.54) is 16.7 Å². The second-order valence-electron chi connectivity index (χ2n) is 8.77. The zero-order chi connectivity index (χ0) is 25.4. The summed E-state index contributed by atoms with van der Waals surface area (Å²) in [6.45, 7) is 6.35. The summed E-state index contributed by atoms with van der Waals surface area (Å²) >= 11 is 1.24. The molecule has 3 rings (SSSR count). The Morgan fingerprint density at radius 1 is 1.06 bits per heavy atom. The minimum atomic E-state index is -0.262. The number of carbonyl (C=O) groups excluding carboxylic acids is 2. The number of hydrogen-bond donors (Lipinski definition) is 1. The third-order valence-corrected chi connectivity index (χ3v) is 6.42. The summed E-state index contributed by atoms with van der Waals surface area (Å²) in [6, 6.07) is 14.7. The van der Waals surface area contributed by atoms with Crippen molar-refractivity contribution in [1.29, 1.82) is 0 Å². The zero-order valence-corrected chi connectivity index (χ0v) is 21.7. The summed E-state index contributed by atoms with van der Waals surface area (Å²) in [5.74, 6) is 1.77. The van der Waals surface area contributed by atoms with E-state index in [-0.39, 0.29) is 23.6 Å². The van der Waals surface area contributed by atoms with Gasteiger partial charge in [-0.05, 0) is 61.6 Å². The van der Waals surface area contributed by atoms with Crippen molar-refractivity contribution >= 4 is 40.5 Å². The van der Waals surface area contributed by atoms with E-state index < -0.39 is 0 Å². The number of rotatable bonds is 10. The monoisotopic (exact) mass is 495 g/mol. The van der Waals surface area contributed by atoms with Gasteiger partial charge in [-0.3, -0.25) is 14.5 Å². The highest BCUT2D eigenvalue weighted by Gasteiger charge is 2.32. The molecule has 186 valence electrons. The molecule has 0 aliphatic carbocycles. The van der Waals surface area contributed by atoms with Crippen LogP contribution in [0.2, 0.25) is 0 Å². The van der Waals surface area contributed by atoms with Crippen LogP contribution < -0.4 is 19.7 Å². The van der Waals surface area contributed by atoms with E-state index in [0.29, 0.717) is 28.2 Å². The molecule has 1 aliphatic rings. The van der Waals surface area contributed by atoms with Gasteiger partial charge in [0, 0.05) is 12.1 Å². The lowest BCUT2D eigenvalue weighted by molar-refractivity contribution is -0.119. The van der Waals surface area contributed by atoms with E-state index in [2.05, 4.69) is 24.2 Å². The second kappa shape index (κ2) is 12.4. The van der Waals surface area contributed by atoms with Crippen LogP contribution in [0.3, 0.4) is 0 Å². The van der Waals surface area contributed by atoms with Crippen LogP contribution in [-0.4, -0.2) is 43.0 Å². The Morgan fingerprint density at radius 3 is 2.43 bits per heavy atom. The zero-order valence-electron chi connectivity index (χ0n) is 20.9. The van der Waals surface area contributed by atoms with Gasteiger partial charge in [-0.25, -0.2) is 4.99 Å². The number of ether oxygens (including phenoxy) is 2. The van der Waals surface area contributed by atoms with Gasteiger partial charge in [0.05, 0.1) is 25.7 Å². The third-order valence-electron chi connectivity index (χ3n) is 5.48. The van der Waals surface area contributed by atoms with Crippen molar-refractivity contribution < 1.29 is 19.1 Å². The molecule has 0 aromatic heterocycles. The molecule has 1 heterocycles. The molecule has 1 atom stereocenters. The van der Waals surface area contributed by atoms with Crippen molar-refractivity contribution in [3.63, 3.8) is 0 Å². The summed E-state index contributed by atoms with van der Waals surface area (Å²) in [7, 11) is 3.18. The summed E-state index contributed by atoms with van der Waals surface area (Å²) in [5, 5.41) is 3.49. The average molecular weight is 496 g/mol. The van der Waals surface area contributed by atoms with Gasteiger partial charge < -0.3 is 14.8 Å². The number of carbonyl (C=O) groups is 2. The van der Waals surface area contributed by atoms with E-state index >= 15 is 0 Å². The lowest BCUT2D eigenvalue weighted by Crippen LogP contribution is -2.35. The fraction of sp³-hybridized carbons (Fsp3) is 0.370. The highest BCUT2D eigenvalue weighted by atomic mass is 32.2. The molecular weight excluding hydrogens is 462 g/mol. The van der Waals surface area contributed by atoms with E-state index in [0.717, 1.165) is 24.2 Å². The highest BCUT2D eigenvalue weighted by Crippen LogP contribution is 2.31. The first-order chi connectivity index (χ1) is 16.8. The molecule has 2 amide bonds. The number of benzene rings is 2. The van der Waals surface area contributed by atoms with Crippen LogP contribution >= 0.6 is 11.8 Å². The lowest BCUT2D eigenvalue weighted by atomic mass is 10.0. The van der Waals surface area contributed by atoms with Gasteiger partial charge in [0.2, 0.25) is 5.91 Å². The Hall–Kier alpha value is -3.26. The fourth-order valence-electron chi connectivity index (χ4n) is 3.53. The van der Waals surface area contributed by atoms with Crippen molar-refractivity contribution in [3.8, 4) is 11.5 Å². The molecule has 0 saturated heterocycles. The Labute approximate surface area is 211 Å². The van der Waals surface area contributed by atoms with Crippen LogP contribution in [0.1, 0.15) is 39.2 Å². The Morgan fingerprint density at radius 2 is 1.77 bits per heavy atom. The number of anilines is 1. The van der Waals surface area contributed by atoms with E-state index in [4.69, 9.17) is 9.47 Å². The maximum Gasteiger partial charge on any atom is 0.283 e. The Balaban J connectivity index is 1.80. The van der Waals surface area contributed by atoms with E-state index in [1.807, 2.05) is 49.4 Å². The molecule has 2 aromatic carbocycles. The molecule has 1 unspecified atom stereocenters. The number of thioether (sulfide) groups is 1. The SMILES string of the molecule is COc1ccc(/C=C2\N=C(SCC(=O)NC(C)CCC(C)C)N(c3cccc(OC)c3)C2=O)cc1. The number of hydrogen-bond acceptors (Lipinski definition) is 6. The van der Waals surface area contributed by atoms with Crippen LogP contribution in [0.5, 0.6) is 11.5 Å². The predicted octanol–water partition coefficient (Wildman–Crippen LogP) is 5.12. The Bertz CT molecular complexity index is 1100. The molecule has 0 radical (unpaired) electrons. The highest BCUT2D eigenvalue weighted by molar-refractivity contribution is 8.14. The van der Waals surface area contributed by atoms with Crippen molar-refractivity contribution in [3.05, 3.63) is 59.8 Å². The topological polar surface area (TPSA) is 80.2 Å². The molecule has 2 aromatic rings. The standard InChI is InChI=1S/C27H33N3O4S/c1-18(2)9-10-19(3)28-25(31)17-35-27-29-24(15-20-11-13-22(33-4)14-12-20)26(32)30(27)21-7-6-8-23(16-21)34-5/h6-8,11-16,18-19H,9-10,17H2,1-5H3,(H,28,31)/b24-15-. The number of nitrogens with zero attached hydrogens (tertiary/aromatic N) is 2. The van der Waals surface area contributed by atoms with E-state index in [1.54, 1.807) is 26.4 Å². The van der Waals surface area contributed by atoms with Crippen LogP contribution in [-0.2, 0) is 9.59 Å². The van der Waals surface area contributed by atoms with Gasteiger partial charge in [0.1, 0.15) is 17.2 Å². The lowest BCUT2D eigenvalue weighted by Gasteiger charge is -2.19. The van der Waals surface area contributed by atoms with Crippen molar-refractivity contribution in [2.45, 2.75) is 39.7 Å². The summed E-state index contributed by atoms with van der Waals surface area (Å²) in [4.78, 5) is 32.1. The number of amidine groups is 1. The molecule has 35 heavy (non-hydrogen) atoms. The van der Waals surface area contributed by atoms with Crippen molar-refractivity contribution in [1.82, 2.24) is 5.32 Å². The van der Waals surface area contributed by atoms with Gasteiger partial charge in [-0.15, -0.1) is 0 Å². The fourth-order valence-corrected chi connectivity index (χ4v) is 4.35. The molecule has 1 aliphatic heterocycles. The van der Waals surface area contributed by atoms with Crippen LogP contribution in [0.15, 0.2) is 59.2 Å². The van der Waals surface area contributed by atoms with Gasteiger partial charge in [0.15, 0.2) is 5.17 Å². The number of methoxy groups -OCH3 is 2. The van der Waals surface area contributed by atoms with E-state index in [9.17, 15) is 9.59 Å². The molecule has 0 bridgehead atoms. The first-order valence-corrected chi connectivity index (χ1v) is 12.6. The molecule has 7 nitrogen and oxygen atoms in total. The third kappa shape index (κ3) is 7.36.